The average molecular weight is 383 g/mol. The highest BCUT2D eigenvalue weighted by Gasteiger charge is 2.21. The fourth-order valence-corrected chi connectivity index (χ4v) is 3.12. The number of aromatic nitrogens is 1. The van der Waals surface area contributed by atoms with Gasteiger partial charge in [-0.05, 0) is 25.1 Å². The summed E-state index contributed by atoms with van der Waals surface area (Å²) in [6.07, 6.45) is 1.06. The molecule has 10 heteroatoms. The van der Waals surface area contributed by atoms with Gasteiger partial charge in [0.2, 0.25) is 10.0 Å². The van der Waals surface area contributed by atoms with Crippen LogP contribution in [0.2, 0.25) is 0 Å². The molecular formula is C16H21N3O6S. The van der Waals surface area contributed by atoms with Crippen LogP contribution in [-0.4, -0.2) is 53.0 Å². The zero-order chi connectivity index (χ0) is 19.3. The summed E-state index contributed by atoms with van der Waals surface area (Å²) in [7, 11) is -0.585. The highest BCUT2D eigenvalue weighted by molar-refractivity contribution is 7.92. The quantitative estimate of drug-likeness (QED) is 0.729. The summed E-state index contributed by atoms with van der Waals surface area (Å²) >= 11 is 0. The second-order valence-corrected chi connectivity index (χ2v) is 7.36. The summed E-state index contributed by atoms with van der Waals surface area (Å²) in [5.74, 6) is 1.23. The fourth-order valence-electron chi connectivity index (χ4n) is 2.27. The summed E-state index contributed by atoms with van der Waals surface area (Å²) in [5.41, 5.74) is 0.367. The number of hydrogen-bond donors (Lipinski definition) is 1. The van der Waals surface area contributed by atoms with Gasteiger partial charge in [-0.25, -0.2) is 12.7 Å². The lowest BCUT2D eigenvalue weighted by Gasteiger charge is -2.19. The molecule has 0 aliphatic heterocycles. The number of methoxy groups -OCH3 is 2. The van der Waals surface area contributed by atoms with E-state index in [0.29, 0.717) is 22.8 Å². The van der Waals surface area contributed by atoms with Crippen LogP contribution in [0, 0.1) is 6.92 Å². The van der Waals surface area contributed by atoms with Crippen molar-refractivity contribution in [1.82, 2.24) is 10.5 Å². The summed E-state index contributed by atoms with van der Waals surface area (Å²) in [5, 5.41) is 6.38. The van der Waals surface area contributed by atoms with E-state index in [2.05, 4.69) is 10.5 Å². The van der Waals surface area contributed by atoms with Crippen molar-refractivity contribution in [3.63, 3.8) is 0 Å². The number of benzene rings is 1. The van der Waals surface area contributed by atoms with Gasteiger partial charge in [0.1, 0.15) is 5.76 Å². The minimum atomic E-state index is -3.56. The molecule has 142 valence electrons. The van der Waals surface area contributed by atoms with E-state index in [4.69, 9.17) is 14.0 Å². The van der Waals surface area contributed by atoms with Gasteiger partial charge in [0, 0.05) is 18.2 Å². The van der Waals surface area contributed by atoms with Crippen molar-refractivity contribution in [2.75, 3.05) is 37.9 Å². The van der Waals surface area contributed by atoms with Crippen LogP contribution in [0.5, 0.6) is 11.5 Å². The number of anilines is 1. The van der Waals surface area contributed by atoms with Gasteiger partial charge < -0.3 is 19.3 Å². The van der Waals surface area contributed by atoms with E-state index in [1.54, 1.807) is 25.1 Å². The fraction of sp³-hybridized carbons (Fsp3) is 0.375. The highest BCUT2D eigenvalue weighted by atomic mass is 32.2. The predicted molar refractivity (Wildman–Crippen MR) is 95.3 cm³/mol. The lowest BCUT2D eigenvalue weighted by atomic mass is 10.2. The zero-order valence-electron chi connectivity index (χ0n) is 15.0. The Balaban J connectivity index is 2.04. The third kappa shape index (κ3) is 4.66. The zero-order valence-corrected chi connectivity index (χ0v) is 15.8. The number of carbonyl (C=O) groups is 1. The molecule has 0 saturated heterocycles. The monoisotopic (exact) mass is 383 g/mol. The molecule has 0 radical (unpaired) electrons. The van der Waals surface area contributed by atoms with Crippen LogP contribution in [0.15, 0.2) is 28.8 Å². The van der Waals surface area contributed by atoms with E-state index in [1.807, 2.05) is 0 Å². The molecule has 0 fully saturated rings. The van der Waals surface area contributed by atoms with E-state index in [0.717, 1.165) is 10.6 Å². The second-order valence-electron chi connectivity index (χ2n) is 5.46. The van der Waals surface area contributed by atoms with Gasteiger partial charge in [-0.3, -0.25) is 4.79 Å². The topological polar surface area (TPSA) is 111 Å². The number of amides is 1. The maximum atomic E-state index is 12.3. The van der Waals surface area contributed by atoms with Crippen LogP contribution < -0.4 is 19.1 Å². The number of sulfonamides is 1. The predicted octanol–water partition coefficient (Wildman–Crippen LogP) is 1.20. The van der Waals surface area contributed by atoms with Crippen LogP contribution in [-0.2, 0) is 10.0 Å². The summed E-state index contributed by atoms with van der Waals surface area (Å²) in [6.45, 7) is 1.77. The first-order valence-corrected chi connectivity index (χ1v) is 9.52. The summed E-state index contributed by atoms with van der Waals surface area (Å²) in [6, 6.07) is 6.27. The van der Waals surface area contributed by atoms with Crippen molar-refractivity contribution in [2.24, 2.45) is 0 Å². The van der Waals surface area contributed by atoms with Crippen molar-refractivity contribution < 1.29 is 27.2 Å². The Hall–Kier alpha value is -2.75. The largest absolute Gasteiger partial charge is 0.493 e. The molecule has 1 aromatic carbocycles. The molecule has 0 aliphatic carbocycles. The van der Waals surface area contributed by atoms with Gasteiger partial charge in [0.05, 0.1) is 27.0 Å². The van der Waals surface area contributed by atoms with Crippen molar-refractivity contribution in [2.45, 2.75) is 6.92 Å². The van der Waals surface area contributed by atoms with Gasteiger partial charge in [0.15, 0.2) is 17.3 Å². The molecule has 1 aromatic heterocycles. The molecule has 1 amide bonds. The lowest BCUT2D eigenvalue weighted by Crippen LogP contribution is -2.38. The third-order valence-corrected chi connectivity index (χ3v) is 4.69. The molecule has 0 unspecified atom stereocenters. The summed E-state index contributed by atoms with van der Waals surface area (Å²) < 4.78 is 40.2. The van der Waals surface area contributed by atoms with Crippen LogP contribution in [0.4, 0.5) is 5.82 Å². The molecule has 1 heterocycles. The molecule has 26 heavy (non-hydrogen) atoms. The maximum absolute atomic E-state index is 12.3. The summed E-state index contributed by atoms with van der Waals surface area (Å²) in [4.78, 5) is 12.3. The minimum absolute atomic E-state index is 0.0177. The van der Waals surface area contributed by atoms with Crippen LogP contribution in [0.1, 0.15) is 16.1 Å². The first-order valence-electron chi connectivity index (χ1n) is 7.67. The number of nitrogens with one attached hydrogen (secondary N) is 1. The van der Waals surface area contributed by atoms with Crippen molar-refractivity contribution in [3.8, 4) is 11.5 Å². The Bertz CT molecular complexity index is 878. The molecule has 0 spiro atoms. The van der Waals surface area contributed by atoms with E-state index in [9.17, 15) is 13.2 Å². The van der Waals surface area contributed by atoms with E-state index >= 15 is 0 Å². The second kappa shape index (κ2) is 8.09. The SMILES string of the molecule is COc1ccc(C(=O)NCCN(c2cc(C)on2)S(C)(=O)=O)cc1OC. The molecule has 2 rings (SSSR count). The number of nitrogens with zero attached hydrogens (tertiary/aromatic N) is 2. The number of hydrogen-bond acceptors (Lipinski definition) is 7. The third-order valence-electron chi connectivity index (χ3n) is 3.52. The van der Waals surface area contributed by atoms with Gasteiger partial charge >= 0.3 is 0 Å². The molecular weight excluding hydrogens is 362 g/mol. The normalized spacial score (nSPS) is 11.1. The molecule has 0 atom stereocenters. The van der Waals surface area contributed by atoms with Crippen molar-refractivity contribution >= 4 is 21.7 Å². The minimum Gasteiger partial charge on any atom is -0.493 e. The molecule has 0 saturated carbocycles. The molecule has 0 aliphatic rings. The number of carbonyl (C=O) groups excluding carboxylic acids is 1. The van der Waals surface area contributed by atoms with Crippen LogP contribution in [0.3, 0.4) is 0 Å². The smallest absolute Gasteiger partial charge is 0.251 e. The standard InChI is InChI=1S/C16H21N3O6S/c1-11-9-15(18-25-11)19(26(4,21)22)8-7-17-16(20)12-5-6-13(23-2)14(10-12)24-3/h5-6,9-10H,7-8H2,1-4H3,(H,17,20). The van der Waals surface area contributed by atoms with Gasteiger partial charge in [-0.15, -0.1) is 0 Å². The van der Waals surface area contributed by atoms with Gasteiger partial charge in [-0.1, -0.05) is 5.16 Å². The van der Waals surface area contributed by atoms with Gasteiger partial charge in [-0.2, -0.15) is 0 Å². The Morgan fingerprint density at radius 1 is 1.23 bits per heavy atom. The molecule has 1 N–H and O–H groups in total. The van der Waals surface area contributed by atoms with Crippen LogP contribution >= 0.6 is 0 Å². The number of ether oxygens (including phenoxy) is 2. The molecule has 2 aromatic rings. The Kier molecular flexibility index (Phi) is 6.09. The Morgan fingerprint density at radius 2 is 1.92 bits per heavy atom. The van der Waals surface area contributed by atoms with Crippen molar-refractivity contribution in [1.29, 1.82) is 0 Å². The molecule has 9 nitrogen and oxygen atoms in total. The first-order chi connectivity index (χ1) is 12.3. The van der Waals surface area contributed by atoms with E-state index in [-0.39, 0.29) is 24.8 Å². The lowest BCUT2D eigenvalue weighted by molar-refractivity contribution is 0.0954. The first kappa shape index (κ1) is 19.6. The Morgan fingerprint density at radius 3 is 2.46 bits per heavy atom. The van der Waals surface area contributed by atoms with Crippen molar-refractivity contribution in [3.05, 3.63) is 35.6 Å². The Labute approximate surface area is 151 Å². The molecule has 0 bridgehead atoms. The maximum Gasteiger partial charge on any atom is 0.251 e. The number of rotatable bonds is 8. The highest BCUT2D eigenvalue weighted by Crippen LogP contribution is 2.27. The van der Waals surface area contributed by atoms with E-state index in [1.165, 1.54) is 20.3 Å². The van der Waals surface area contributed by atoms with Gasteiger partial charge in [0.25, 0.3) is 5.91 Å². The van der Waals surface area contributed by atoms with E-state index < -0.39 is 10.0 Å². The number of aryl methyl sites for hydroxylation is 1. The van der Waals surface area contributed by atoms with Crippen LogP contribution in [0.25, 0.3) is 0 Å². The average Bonchev–Trinajstić information content (AvgIpc) is 3.02.